The third-order valence-corrected chi connectivity index (χ3v) is 6.57. The summed E-state index contributed by atoms with van der Waals surface area (Å²) in [7, 11) is 1.94. The Bertz CT molecular complexity index is 944. The second-order valence-electron chi connectivity index (χ2n) is 8.91. The fourth-order valence-corrected chi connectivity index (χ4v) is 4.46. The first-order chi connectivity index (χ1) is 14.9. The van der Waals surface area contributed by atoms with Crippen LogP contribution in [-0.4, -0.2) is 60.1 Å². The summed E-state index contributed by atoms with van der Waals surface area (Å²) in [6.45, 7) is 5.54. The van der Waals surface area contributed by atoms with Crippen molar-refractivity contribution in [2.45, 2.75) is 83.8 Å². The summed E-state index contributed by atoms with van der Waals surface area (Å²) in [6.07, 6.45) is 9.08. The Morgan fingerprint density at radius 2 is 2.00 bits per heavy atom. The predicted octanol–water partition coefficient (Wildman–Crippen LogP) is 1.92. The number of rotatable bonds is 8. The molecule has 0 bridgehead atoms. The number of nitrogens with one attached hydrogen (secondary N) is 1. The zero-order chi connectivity index (χ0) is 22.0. The normalized spacial score (nSPS) is 18.9. The van der Waals surface area contributed by atoms with Gasteiger partial charge in [-0.3, -0.25) is 19.0 Å². The van der Waals surface area contributed by atoms with E-state index in [4.69, 9.17) is 0 Å². The van der Waals surface area contributed by atoms with E-state index in [2.05, 4.69) is 32.6 Å². The molecule has 0 radical (unpaired) electrons. The highest BCUT2D eigenvalue weighted by Crippen LogP contribution is 2.23. The van der Waals surface area contributed by atoms with E-state index >= 15 is 0 Å². The number of carbonyl (C=O) groups is 2. The van der Waals surface area contributed by atoms with Gasteiger partial charge in [0.1, 0.15) is 0 Å². The second kappa shape index (κ2) is 9.20. The van der Waals surface area contributed by atoms with Crippen molar-refractivity contribution in [3.8, 4) is 0 Å². The molecule has 1 saturated heterocycles. The van der Waals surface area contributed by atoms with Gasteiger partial charge in [0.05, 0.1) is 11.9 Å². The molecule has 1 unspecified atom stereocenters. The Hall–Kier alpha value is -2.71. The summed E-state index contributed by atoms with van der Waals surface area (Å²) in [4.78, 5) is 27.2. The minimum atomic E-state index is -0.149. The summed E-state index contributed by atoms with van der Waals surface area (Å²) < 4.78 is 3.61. The van der Waals surface area contributed by atoms with Crippen LogP contribution in [0.25, 0.3) is 0 Å². The van der Waals surface area contributed by atoms with Gasteiger partial charge in [-0.1, -0.05) is 5.21 Å². The van der Waals surface area contributed by atoms with Crippen molar-refractivity contribution >= 4 is 11.8 Å². The van der Waals surface area contributed by atoms with Crippen LogP contribution in [-0.2, 0) is 24.8 Å². The lowest BCUT2D eigenvalue weighted by Crippen LogP contribution is -2.44. The van der Waals surface area contributed by atoms with Gasteiger partial charge in [-0.25, -0.2) is 0 Å². The number of amides is 2. The lowest BCUT2D eigenvalue weighted by atomic mass is 9.98. The molecule has 0 aromatic carbocycles. The van der Waals surface area contributed by atoms with Gasteiger partial charge in [-0.05, 0) is 64.4 Å². The van der Waals surface area contributed by atoms with Gasteiger partial charge in [-0.2, -0.15) is 5.10 Å². The van der Waals surface area contributed by atoms with Crippen LogP contribution < -0.4 is 5.32 Å². The Kier molecular flexibility index (Phi) is 6.38. The van der Waals surface area contributed by atoms with Crippen LogP contribution in [0.1, 0.15) is 72.4 Å². The molecule has 9 heteroatoms. The van der Waals surface area contributed by atoms with Crippen LogP contribution in [0, 0.1) is 13.8 Å². The maximum Gasteiger partial charge on any atom is 0.273 e. The average molecular weight is 428 g/mol. The number of piperidine rings is 1. The third kappa shape index (κ3) is 5.14. The number of carbonyl (C=O) groups excluding carboxylic acids is 2. The minimum absolute atomic E-state index is 0.149. The van der Waals surface area contributed by atoms with Crippen LogP contribution in [0.2, 0.25) is 0 Å². The monoisotopic (exact) mass is 427 g/mol. The maximum atomic E-state index is 13.0. The Morgan fingerprint density at radius 3 is 2.71 bits per heavy atom. The Morgan fingerprint density at radius 1 is 1.19 bits per heavy atom. The van der Waals surface area contributed by atoms with E-state index < -0.39 is 0 Å². The number of aryl methyl sites for hydroxylation is 3. The molecule has 2 aromatic rings. The molecule has 1 aliphatic heterocycles. The molecule has 2 fully saturated rings. The van der Waals surface area contributed by atoms with Crippen molar-refractivity contribution in [2.24, 2.45) is 7.05 Å². The van der Waals surface area contributed by atoms with E-state index in [1.165, 1.54) is 5.56 Å². The van der Waals surface area contributed by atoms with Crippen LogP contribution in [0.15, 0.2) is 6.20 Å². The van der Waals surface area contributed by atoms with Gasteiger partial charge in [0.25, 0.3) is 5.91 Å². The fraction of sp³-hybridized carbons (Fsp3) is 0.682. The van der Waals surface area contributed by atoms with Crippen LogP contribution in [0.3, 0.4) is 0 Å². The molecule has 31 heavy (non-hydrogen) atoms. The minimum Gasteiger partial charge on any atom is -0.348 e. The lowest BCUT2D eigenvalue weighted by molar-refractivity contribution is -0.135. The van der Waals surface area contributed by atoms with Crippen molar-refractivity contribution in [2.75, 3.05) is 6.54 Å². The van der Waals surface area contributed by atoms with Crippen molar-refractivity contribution in [1.29, 1.82) is 0 Å². The fourth-order valence-electron chi connectivity index (χ4n) is 4.46. The molecule has 4 rings (SSSR count). The Balaban J connectivity index is 1.31. The average Bonchev–Trinajstić information content (AvgIpc) is 3.37. The lowest BCUT2D eigenvalue weighted by Gasteiger charge is -2.36. The number of nitrogens with zero attached hydrogens (tertiary/aromatic N) is 6. The highest BCUT2D eigenvalue weighted by atomic mass is 16.2. The van der Waals surface area contributed by atoms with Gasteiger partial charge in [0.2, 0.25) is 5.91 Å². The first kappa shape index (κ1) is 21.5. The first-order valence-electron chi connectivity index (χ1n) is 11.4. The van der Waals surface area contributed by atoms with Crippen LogP contribution in [0.5, 0.6) is 0 Å². The Labute approximate surface area is 183 Å². The smallest absolute Gasteiger partial charge is 0.273 e. The predicted molar refractivity (Wildman–Crippen MR) is 115 cm³/mol. The van der Waals surface area contributed by atoms with E-state index in [0.717, 1.165) is 62.9 Å². The molecule has 1 saturated carbocycles. The summed E-state index contributed by atoms with van der Waals surface area (Å²) >= 11 is 0. The van der Waals surface area contributed by atoms with Gasteiger partial charge in [-0.15, -0.1) is 5.10 Å². The number of hydrogen-bond acceptors (Lipinski definition) is 5. The summed E-state index contributed by atoms with van der Waals surface area (Å²) in [5.74, 6) is 0.0691. The number of likely N-dealkylation sites (tertiary alicyclic amines) is 1. The highest BCUT2D eigenvalue weighted by Gasteiger charge is 2.28. The molecule has 1 aliphatic carbocycles. The SMILES string of the molecule is Cc1nn(C)c(C)c1CCC(=O)N1CCCCC1CCn1cc(C(=O)NC2CC2)nn1. The molecule has 168 valence electrons. The largest absolute Gasteiger partial charge is 0.348 e. The van der Waals surface area contributed by atoms with E-state index in [0.29, 0.717) is 24.7 Å². The molecular weight excluding hydrogens is 394 g/mol. The molecule has 1 N–H and O–H groups in total. The molecular formula is C22H33N7O2. The molecule has 3 heterocycles. The van der Waals surface area contributed by atoms with Crippen molar-refractivity contribution in [1.82, 2.24) is 35.0 Å². The zero-order valence-corrected chi connectivity index (χ0v) is 18.8. The molecule has 2 aliphatic rings. The topological polar surface area (TPSA) is 97.9 Å². The molecule has 1 atom stereocenters. The molecule has 0 spiro atoms. The van der Waals surface area contributed by atoms with E-state index in [9.17, 15) is 9.59 Å². The van der Waals surface area contributed by atoms with E-state index in [-0.39, 0.29) is 17.9 Å². The van der Waals surface area contributed by atoms with Crippen LogP contribution >= 0.6 is 0 Å². The van der Waals surface area contributed by atoms with Crippen LogP contribution in [0.4, 0.5) is 0 Å². The molecule has 2 aromatic heterocycles. The van der Waals surface area contributed by atoms with Crippen molar-refractivity contribution < 1.29 is 9.59 Å². The van der Waals surface area contributed by atoms with Gasteiger partial charge < -0.3 is 10.2 Å². The number of aromatic nitrogens is 5. The zero-order valence-electron chi connectivity index (χ0n) is 18.8. The first-order valence-corrected chi connectivity index (χ1v) is 11.4. The number of hydrogen-bond donors (Lipinski definition) is 1. The third-order valence-electron chi connectivity index (χ3n) is 6.57. The van der Waals surface area contributed by atoms with Gasteiger partial charge in [0.15, 0.2) is 5.69 Å². The maximum absolute atomic E-state index is 13.0. The quantitative estimate of drug-likeness (QED) is 0.694. The summed E-state index contributed by atoms with van der Waals surface area (Å²) in [5, 5.41) is 15.5. The second-order valence-corrected chi connectivity index (χ2v) is 8.91. The van der Waals surface area contributed by atoms with E-state index in [1.807, 2.05) is 18.7 Å². The standard InChI is InChI=1S/C22H33N7O2/c1-15-19(16(2)27(3)25-15)9-10-21(30)29-12-5-4-6-18(29)11-13-28-14-20(24-26-28)22(31)23-17-7-8-17/h14,17-18H,4-13H2,1-3H3,(H,23,31). The molecule has 2 amide bonds. The van der Waals surface area contributed by atoms with Gasteiger partial charge >= 0.3 is 0 Å². The van der Waals surface area contributed by atoms with E-state index in [1.54, 1.807) is 10.9 Å². The summed E-state index contributed by atoms with van der Waals surface area (Å²) in [6, 6.07) is 0.518. The van der Waals surface area contributed by atoms with Crippen molar-refractivity contribution in [3.63, 3.8) is 0 Å². The highest BCUT2D eigenvalue weighted by molar-refractivity contribution is 5.92. The van der Waals surface area contributed by atoms with Crippen molar-refractivity contribution in [3.05, 3.63) is 28.8 Å². The molecule has 9 nitrogen and oxygen atoms in total. The summed E-state index contributed by atoms with van der Waals surface area (Å²) in [5.41, 5.74) is 3.69. The van der Waals surface area contributed by atoms with Gasteiger partial charge in [0, 0.05) is 44.3 Å².